The molecule has 0 spiro atoms. The molecule has 1 aromatic heterocycles. The molecule has 0 amide bonds. The largest absolute Gasteiger partial charge is 0.472 e. The molecule has 0 saturated carbocycles. The maximum Gasteiger partial charge on any atom is 0.0980 e. The summed E-state index contributed by atoms with van der Waals surface area (Å²) in [7, 11) is 0. The fourth-order valence-corrected chi connectivity index (χ4v) is 1.95. The van der Waals surface area contributed by atoms with Crippen LogP contribution in [0.1, 0.15) is 10.4 Å². The Morgan fingerprint density at radius 1 is 1.11 bits per heavy atom. The molecular formula is C15H9MnO2-. The average molecular weight is 276 g/mol. The van der Waals surface area contributed by atoms with Gasteiger partial charge in [0.2, 0.25) is 0 Å². The zero-order chi connectivity index (χ0) is 11.7. The molecule has 0 N–H and O–H groups in total. The quantitative estimate of drug-likeness (QED) is 0.406. The van der Waals surface area contributed by atoms with Crippen molar-refractivity contribution in [1.29, 1.82) is 0 Å². The SMILES string of the molecule is O=Cc1[c-]ccc2cc(-c3ccoc3)ccc12.[Mn]. The number of carbonyl (C=O) groups excluding carboxylic acids is 1. The van der Waals surface area contributed by atoms with Crippen molar-refractivity contribution in [2.75, 3.05) is 0 Å². The summed E-state index contributed by atoms with van der Waals surface area (Å²) in [4.78, 5) is 10.9. The number of rotatable bonds is 2. The van der Waals surface area contributed by atoms with Crippen LogP contribution in [0.2, 0.25) is 0 Å². The Morgan fingerprint density at radius 2 is 2.00 bits per heavy atom. The zero-order valence-electron chi connectivity index (χ0n) is 9.39. The second kappa shape index (κ2) is 5.21. The second-order valence-corrected chi connectivity index (χ2v) is 3.82. The first kappa shape index (κ1) is 12.6. The summed E-state index contributed by atoms with van der Waals surface area (Å²) >= 11 is 0. The monoisotopic (exact) mass is 276 g/mol. The minimum atomic E-state index is 0. The molecule has 0 aliphatic rings. The number of carbonyl (C=O) groups is 1. The molecule has 0 unspecified atom stereocenters. The van der Waals surface area contributed by atoms with Gasteiger partial charge < -0.3 is 9.21 Å². The van der Waals surface area contributed by atoms with E-state index in [4.69, 9.17) is 4.42 Å². The molecular weight excluding hydrogens is 267 g/mol. The van der Waals surface area contributed by atoms with Crippen LogP contribution >= 0.6 is 0 Å². The van der Waals surface area contributed by atoms with E-state index in [9.17, 15) is 4.79 Å². The van der Waals surface area contributed by atoms with Crippen molar-refractivity contribution in [2.24, 2.45) is 0 Å². The van der Waals surface area contributed by atoms with Gasteiger partial charge in [0.05, 0.1) is 18.8 Å². The fraction of sp³-hybridized carbons (Fsp3) is 0. The Hall–Kier alpha value is -1.83. The molecule has 3 rings (SSSR count). The molecule has 1 radical (unpaired) electrons. The molecule has 3 aromatic rings. The van der Waals surface area contributed by atoms with Crippen LogP contribution < -0.4 is 0 Å². The molecule has 0 aliphatic heterocycles. The maximum atomic E-state index is 10.9. The van der Waals surface area contributed by atoms with Crippen molar-refractivity contribution >= 4 is 17.1 Å². The van der Waals surface area contributed by atoms with E-state index in [1.165, 1.54) is 0 Å². The molecule has 0 fully saturated rings. The van der Waals surface area contributed by atoms with Gasteiger partial charge in [0.15, 0.2) is 0 Å². The molecule has 0 aliphatic carbocycles. The summed E-state index contributed by atoms with van der Waals surface area (Å²) in [6.07, 6.45) is 4.19. The number of aldehydes is 1. The van der Waals surface area contributed by atoms with Gasteiger partial charge >= 0.3 is 0 Å². The van der Waals surface area contributed by atoms with Gasteiger partial charge in [-0.05, 0) is 11.6 Å². The van der Waals surface area contributed by atoms with Crippen molar-refractivity contribution in [3.63, 3.8) is 0 Å². The van der Waals surface area contributed by atoms with Crippen molar-refractivity contribution in [2.45, 2.75) is 0 Å². The smallest absolute Gasteiger partial charge is 0.0980 e. The number of benzene rings is 2. The third-order valence-electron chi connectivity index (χ3n) is 2.82. The molecule has 2 aromatic carbocycles. The van der Waals surface area contributed by atoms with E-state index in [2.05, 4.69) is 6.07 Å². The van der Waals surface area contributed by atoms with E-state index in [-0.39, 0.29) is 17.1 Å². The van der Waals surface area contributed by atoms with Crippen LogP contribution in [0.25, 0.3) is 21.9 Å². The fourth-order valence-electron chi connectivity index (χ4n) is 1.95. The Balaban J connectivity index is 0.00000120. The van der Waals surface area contributed by atoms with E-state index >= 15 is 0 Å². The summed E-state index contributed by atoms with van der Waals surface area (Å²) in [5.74, 6) is 0. The van der Waals surface area contributed by atoms with Crippen molar-refractivity contribution < 1.29 is 26.3 Å². The molecule has 0 saturated heterocycles. The minimum absolute atomic E-state index is 0. The summed E-state index contributed by atoms with van der Waals surface area (Å²) in [5, 5.41) is 1.96. The van der Waals surface area contributed by atoms with Crippen molar-refractivity contribution in [3.8, 4) is 11.1 Å². The van der Waals surface area contributed by atoms with E-state index in [1.807, 2.05) is 30.3 Å². The van der Waals surface area contributed by atoms with Crippen LogP contribution in [0.3, 0.4) is 0 Å². The molecule has 1 heterocycles. The average Bonchev–Trinajstić information content (AvgIpc) is 2.91. The number of hydrogen-bond donors (Lipinski definition) is 0. The van der Waals surface area contributed by atoms with Crippen LogP contribution in [0.5, 0.6) is 0 Å². The zero-order valence-corrected chi connectivity index (χ0v) is 10.6. The molecule has 89 valence electrons. The number of fused-ring (bicyclic) bond motifs is 1. The minimum Gasteiger partial charge on any atom is -0.472 e. The Labute approximate surface area is 115 Å². The Bertz CT molecular complexity index is 672. The van der Waals surface area contributed by atoms with Crippen LogP contribution in [0.4, 0.5) is 0 Å². The first-order valence-electron chi connectivity index (χ1n) is 5.31. The third-order valence-corrected chi connectivity index (χ3v) is 2.82. The normalized spacial score (nSPS) is 10.0. The van der Waals surface area contributed by atoms with E-state index in [0.29, 0.717) is 5.56 Å². The van der Waals surface area contributed by atoms with Gasteiger partial charge in [-0.2, -0.15) is 0 Å². The molecule has 18 heavy (non-hydrogen) atoms. The first-order chi connectivity index (χ1) is 8.38. The summed E-state index contributed by atoms with van der Waals surface area (Å²) in [5.41, 5.74) is 2.71. The van der Waals surface area contributed by atoms with Crippen LogP contribution in [0, 0.1) is 6.07 Å². The van der Waals surface area contributed by atoms with Gasteiger partial charge in [0, 0.05) is 22.6 Å². The van der Waals surface area contributed by atoms with E-state index in [1.54, 1.807) is 18.6 Å². The number of furan rings is 1. The maximum absolute atomic E-state index is 10.9. The summed E-state index contributed by atoms with van der Waals surface area (Å²) < 4.78 is 5.06. The van der Waals surface area contributed by atoms with Crippen LogP contribution in [-0.4, -0.2) is 6.29 Å². The summed E-state index contributed by atoms with van der Waals surface area (Å²) in [6.45, 7) is 0. The number of hydrogen-bond acceptors (Lipinski definition) is 2. The Morgan fingerprint density at radius 3 is 2.72 bits per heavy atom. The van der Waals surface area contributed by atoms with Gasteiger partial charge in [0.25, 0.3) is 0 Å². The Kier molecular flexibility index (Phi) is 3.66. The van der Waals surface area contributed by atoms with Gasteiger partial charge in [-0.15, -0.1) is 29.1 Å². The molecule has 0 bridgehead atoms. The van der Waals surface area contributed by atoms with Crippen LogP contribution in [0.15, 0.2) is 53.3 Å². The first-order valence-corrected chi connectivity index (χ1v) is 5.31. The van der Waals surface area contributed by atoms with Gasteiger partial charge in [-0.3, -0.25) is 0 Å². The van der Waals surface area contributed by atoms with Crippen LogP contribution in [-0.2, 0) is 17.1 Å². The third kappa shape index (κ3) is 2.10. The van der Waals surface area contributed by atoms with Crippen molar-refractivity contribution in [3.05, 3.63) is 60.6 Å². The second-order valence-electron chi connectivity index (χ2n) is 3.82. The molecule has 0 atom stereocenters. The van der Waals surface area contributed by atoms with Gasteiger partial charge in [-0.1, -0.05) is 23.6 Å². The van der Waals surface area contributed by atoms with Gasteiger partial charge in [0.1, 0.15) is 0 Å². The summed E-state index contributed by atoms with van der Waals surface area (Å²) in [6, 6.07) is 14.5. The molecule has 2 nitrogen and oxygen atoms in total. The van der Waals surface area contributed by atoms with E-state index < -0.39 is 0 Å². The van der Waals surface area contributed by atoms with Gasteiger partial charge in [-0.25, -0.2) is 0 Å². The predicted octanol–water partition coefficient (Wildman–Crippen LogP) is 3.71. The molecule has 3 heteroatoms. The topological polar surface area (TPSA) is 30.2 Å². The standard InChI is InChI=1S/C15H9O2.Mn/c16-9-13-3-1-2-12-8-11(4-5-15(12)13)14-6-7-17-10-14;/h1-2,4-10H;/q-1;. The van der Waals surface area contributed by atoms with Crippen molar-refractivity contribution in [1.82, 2.24) is 0 Å². The van der Waals surface area contributed by atoms with E-state index in [0.717, 1.165) is 28.2 Å². The predicted molar refractivity (Wildman–Crippen MR) is 65.9 cm³/mol.